The summed E-state index contributed by atoms with van der Waals surface area (Å²) in [5, 5.41) is 14.7. The fraction of sp³-hybridized carbons (Fsp3) is 0.0833. The van der Waals surface area contributed by atoms with Crippen LogP contribution in [0.5, 0.6) is 0 Å². The van der Waals surface area contributed by atoms with Gasteiger partial charge in [-0.2, -0.15) is 0 Å². The third-order valence-corrected chi connectivity index (χ3v) is 4.97. The van der Waals surface area contributed by atoms with Crippen molar-refractivity contribution in [1.82, 2.24) is 4.98 Å². The van der Waals surface area contributed by atoms with Crippen molar-refractivity contribution >= 4 is 28.2 Å². The van der Waals surface area contributed by atoms with Gasteiger partial charge in [0.15, 0.2) is 0 Å². The number of anilines is 1. The van der Waals surface area contributed by atoms with Crippen LogP contribution in [0.3, 0.4) is 0 Å². The van der Waals surface area contributed by atoms with Crippen molar-refractivity contribution in [3.8, 4) is 11.3 Å². The topological polar surface area (TPSA) is 85.1 Å². The molecule has 0 fully saturated rings. The molecule has 148 valence electrons. The summed E-state index contributed by atoms with van der Waals surface area (Å²) in [6.45, 7) is 3.67. The molecule has 1 N–H and O–H groups in total. The van der Waals surface area contributed by atoms with Crippen LogP contribution in [0.15, 0.2) is 72.8 Å². The maximum atomic E-state index is 13.1. The van der Waals surface area contributed by atoms with E-state index in [2.05, 4.69) is 5.32 Å². The van der Waals surface area contributed by atoms with E-state index in [1.165, 1.54) is 6.07 Å². The maximum Gasteiger partial charge on any atom is 0.274 e. The van der Waals surface area contributed by atoms with Gasteiger partial charge in [0.05, 0.1) is 21.7 Å². The van der Waals surface area contributed by atoms with Gasteiger partial charge in [-0.1, -0.05) is 54.1 Å². The maximum absolute atomic E-state index is 13.1. The van der Waals surface area contributed by atoms with Gasteiger partial charge in [0.1, 0.15) is 0 Å². The Labute approximate surface area is 173 Å². The molecule has 0 saturated heterocycles. The molecule has 4 rings (SSSR count). The summed E-state index contributed by atoms with van der Waals surface area (Å²) in [4.78, 5) is 28.6. The average Bonchev–Trinajstić information content (AvgIpc) is 2.74. The molecular formula is C24H19N3O3. The Morgan fingerprint density at radius 2 is 1.70 bits per heavy atom. The number of aryl methyl sites for hydroxylation is 2. The summed E-state index contributed by atoms with van der Waals surface area (Å²) in [7, 11) is 0. The molecule has 1 amide bonds. The molecule has 0 aliphatic heterocycles. The van der Waals surface area contributed by atoms with Crippen molar-refractivity contribution in [2.45, 2.75) is 13.8 Å². The molecule has 1 aromatic heterocycles. The monoisotopic (exact) mass is 397 g/mol. The summed E-state index contributed by atoms with van der Waals surface area (Å²) in [6, 6.07) is 21.8. The van der Waals surface area contributed by atoms with Crippen molar-refractivity contribution in [3.63, 3.8) is 0 Å². The van der Waals surface area contributed by atoms with Crippen LogP contribution in [-0.4, -0.2) is 15.8 Å². The van der Waals surface area contributed by atoms with Crippen LogP contribution in [0.2, 0.25) is 0 Å². The molecule has 0 bridgehead atoms. The molecule has 0 aliphatic rings. The fourth-order valence-corrected chi connectivity index (χ4v) is 3.32. The molecule has 6 nitrogen and oxygen atoms in total. The zero-order valence-electron chi connectivity index (χ0n) is 16.5. The first-order valence-electron chi connectivity index (χ1n) is 9.45. The van der Waals surface area contributed by atoms with Crippen LogP contribution in [0.4, 0.5) is 11.4 Å². The Bertz CT molecular complexity index is 1280. The third kappa shape index (κ3) is 3.75. The number of hydrogen-bond donors (Lipinski definition) is 1. The molecule has 6 heteroatoms. The zero-order chi connectivity index (χ0) is 21.3. The van der Waals surface area contributed by atoms with Gasteiger partial charge in [0.25, 0.3) is 11.6 Å². The summed E-state index contributed by atoms with van der Waals surface area (Å²) in [5.74, 6) is -0.347. The van der Waals surface area contributed by atoms with Crippen molar-refractivity contribution in [3.05, 3.63) is 99.6 Å². The summed E-state index contributed by atoms with van der Waals surface area (Å²) >= 11 is 0. The van der Waals surface area contributed by atoms with Crippen LogP contribution >= 0.6 is 0 Å². The van der Waals surface area contributed by atoms with E-state index < -0.39 is 4.92 Å². The summed E-state index contributed by atoms with van der Waals surface area (Å²) in [6.07, 6.45) is 0. The van der Waals surface area contributed by atoms with E-state index in [0.29, 0.717) is 33.4 Å². The number of benzene rings is 3. The molecular weight excluding hydrogens is 378 g/mol. The zero-order valence-corrected chi connectivity index (χ0v) is 16.5. The summed E-state index contributed by atoms with van der Waals surface area (Å²) < 4.78 is 0. The number of nitro benzene ring substituents is 1. The molecule has 0 aliphatic carbocycles. The SMILES string of the molecule is Cc1ccc(-c2cc(C(=O)Nc3ccc(C)c([N+](=O)[O-])c3)c3ccccc3n2)cc1. The van der Waals surface area contributed by atoms with Crippen LogP contribution in [0.1, 0.15) is 21.5 Å². The Hall–Kier alpha value is -4.06. The van der Waals surface area contributed by atoms with Gasteiger partial charge in [-0.05, 0) is 32.0 Å². The number of carbonyl (C=O) groups is 1. The molecule has 1 heterocycles. The highest BCUT2D eigenvalue weighted by Crippen LogP contribution is 2.27. The molecule has 0 saturated carbocycles. The second kappa shape index (κ2) is 7.75. The van der Waals surface area contributed by atoms with E-state index in [-0.39, 0.29) is 11.6 Å². The predicted octanol–water partition coefficient (Wildman–Crippen LogP) is 5.68. The minimum atomic E-state index is -0.456. The van der Waals surface area contributed by atoms with Crippen molar-refractivity contribution in [2.24, 2.45) is 0 Å². The number of fused-ring (bicyclic) bond motifs is 1. The normalized spacial score (nSPS) is 10.7. The van der Waals surface area contributed by atoms with Gasteiger partial charge in [-0.3, -0.25) is 14.9 Å². The van der Waals surface area contributed by atoms with Crippen molar-refractivity contribution < 1.29 is 9.72 Å². The second-order valence-corrected chi connectivity index (χ2v) is 7.15. The molecule has 0 unspecified atom stereocenters. The number of pyridine rings is 1. The molecule has 30 heavy (non-hydrogen) atoms. The molecule has 3 aromatic carbocycles. The lowest BCUT2D eigenvalue weighted by molar-refractivity contribution is -0.385. The molecule has 0 atom stereocenters. The Morgan fingerprint density at radius 3 is 2.43 bits per heavy atom. The lowest BCUT2D eigenvalue weighted by Crippen LogP contribution is -2.13. The number of rotatable bonds is 4. The lowest BCUT2D eigenvalue weighted by atomic mass is 10.0. The predicted molar refractivity (Wildman–Crippen MR) is 118 cm³/mol. The fourth-order valence-electron chi connectivity index (χ4n) is 3.32. The number of nitrogens with one attached hydrogen (secondary N) is 1. The van der Waals surface area contributed by atoms with E-state index in [0.717, 1.165) is 11.1 Å². The highest BCUT2D eigenvalue weighted by molar-refractivity contribution is 6.13. The van der Waals surface area contributed by atoms with Crippen LogP contribution in [0.25, 0.3) is 22.2 Å². The summed E-state index contributed by atoms with van der Waals surface area (Å²) in [5.41, 5.74) is 4.77. The van der Waals surface area contributed by atoms with E-state index in [1.54, 1.807) is 25.1 Å². The lowest BCUT2D eigenvalue weighted by Gasteiger charge is -2.11. The third-order valence-electron chi connectivity index (χ3n) is 4.97. The highest BCUT2D eigenvalue weighted by atomic mass is 16.6. The number of carbonyl (C=O) groups excluding carboxylic acids is 1. The van der Waals surface area contributed by atoms with Gasteiger partial charge >= 0.3 is 0 Å². The van der Waals surface area contributed by atoms with E-state index >= 15 is 0 Å². The minimum absolute atomic E-state index is 0.0345. The Morgan fingerprint density at radius 1 is 0.967 bits per heavy atom. The number of aromatic nitrogens is 1. The minimum Gasteiger partial charge on any atom is -0.322 e. The van der Waals surface area contributed by atoms with Gasteiger partial charge in [-0.15, -0.1) is 0 Å². The van der Waals surface area contributed by atoms with Crippen LogP contribution < -0.4 is 5.32 Å². The number of para-hydroxylation sites is 1. The first-order valence-corrected chi connectivity index (χ1v) is 9.45. The number of nitrogens with zero attached hydrogens (tertiary/aromatic N) is 2. The van der Waals surface area contributed by atoms with Gasteiger partial charge in [0.2, 0.25) is 0 Å². The van der Waals surface area contributed by atoms with Crippen molar-refractivity contribution in [1.29, 1.82) is 0 Å². The highest BCUT2D eigenvalue weighted by Gasteiger charge is 2.16. The first-order chi connectivity index (χ1) is 14.4. The van der Waals surface area contributed by atoms with Gasteiger partial charge in [0, 0.05) is 28.3 Å². The number of amides is 1. The first kappa shape index (κ1) is 19.3. The average molecular weight is 397 g/mol. The van der Waals surface area contributed by atoms with Gasteiger partial charge < -0.3 is 5.32 Å². The van der Waals surface area contributed by atoms with Gasteiger partial charge in [-0.25, -0.2) is 4.98 Å². The Kier molecular flexibility index (Phi) is 4.98. The van der Waals surface area contributed by atoms with E-state index in [4.69, 9.17) is 4.98 Å². The van der Waals surface area contributed by atoms with E-state index in [9.17, 15) is 14.9 Å². The van der Waals surface area contributed by atoms with Crippen LogP contribution in [0, 0.1) is 24.0 Å². The smallest absolute Gasteiger partial charge is 0.274 e. The molecule has 4 aromatic rings. The van der Waals surface area contributed by atoms with E-state index in [1.807, 2.05) is 55.5 Å². The van der Waals surface area contributed by atoms with Crippen molar-refractivity contribution in [2.75, 3.05) is 5.32 Å². The quantitative estimate of drug-likeness (QED) is 0.355. The standard InChI is InChI=1S/C24H19N3O3/c1-15-7-10-17(11-8-15)22-14-20(19-5-3-4-6-21(19)26-22)24(28)25-18-12-9-16(2)23(13-18)27(29)30/h3-14H,1-2H3,(H,25,28). The largest absolute Gasteiger partial charge is 0.322 e. The Balaban J connectivity index is 1.77. The molecule has 0 spiro atoms. The second-order valence-electron chi connectivity index (χ2n) is 7.15. The van der Waals surface area contributed by atoms with Crippen LogP contribution in [-0.2, 0) is 0 Å². The molecule has 0 radical (unpaired) electrons. The number of hydrogen-bond acceptors (Lipinski definition) is 4. The number of nitro groups is 1.